The maximum Gasteiger partial charge on any atom is 0.269 e. The Morgan fingerprint density at radius 1 is 1.37 bits per heavy atom. The van der Waals surface area contributed by atoms with E-state index in [-0.39, 0.29) is 24.2 Å². The molecule has 2 fully saturated rings. The van der Waals surface area contributed by atoms with Crippen LogP contribution in [0.3, 0.4) is 0 Å². The molecule has 0 aromatic heterocycles. The molecule has 0 radical (unpaired) electrons. The predicted octanol–water partition coefficient (Wildman–Crippen LogP) is 2.99. The van der Waals surface area contributed by atoms with E-state index < -0.39 is 7.52 Å². The molecule has 2 saturated heterocycles. The van der Waals surface area contributed by atoms with Crippen molar-refractivity contribution in [3.05, 3.63) is 41.2 Å². The number of ether oxygens (including phenoxy) is 1. The van der Waals surface area contributed by atoms with Gasteiger partial charge in [0.15, 0.2) is 5.69 Å². The van der Waals surface area contributed by atoms with Gasteiger partial charge in [0.2, 0.25) is 5.91 Å². The molecule has 0 spiro atoms. The lowest BCUT2D eigenvalue weighted by molar-refractivity contribution is -0.0854. The zero-order valence-electron chi connectivity index (χ0n) is 17.9. The number of nitrogens with one attached hydrogen (secondary N) is 1. The van der Waals surface area contributed by atoms with Gasteiger partial charge in [0.1, 0.15) is 0 Å². The SMILES string of the molecule is [C-]#[N+]c1cccc(C(=O)NC2CCN(P(C)(=O)OCC3CN(C)CC(C)O3)CC2)c1. The van der Waals surface area contributed by atoms with E-state index in [1.54, 1.807) is 30.9 Å². The molecule has 0 aliphatic carbocycles. The Morgan fingerprint density at radius 2 is 2.10 bits per heavy atom. The zero-order chi connectivity index (χ0) is 21.7. The summed E-state index contributed by atoms with van der Waals surface area (Å²) in [6.45, 7) is 13.9. The quantitative estimate of drug-likeness (QED) is 0.548. The third-order valence-corrected chi connectivity index (χ3v) is 7.62. The molecular weight excluding hydrogens is 403 g/mol. The van der Waals surface area contributed by atoms with Gasteiger partial charge in [-0.25, -0.2) is 9.52 Å². The van der Waals surface area contributed by atoms with E-state index in [9.17, 15) is 9.36 Å². The number of nitrogens with zero attached hydrogens (tertiary/aromatic N) is 3. The third kappa shape index (κ3) is 6.13. The zero-order valence-corrected chi connectivity index (χ0v) is 18.8. The molecule has 9 heteroatoms. The lowest BCUT2D eigenvalue weighted by Gasteiger charge is -2.38. The van der Waals surface area contributed by atoms with Gasteiger partial charge in [-0.3, -0.25) is 9.36 Å². The number of benzene rings is 1. The maximum absolute atomic E-state index is 13.1. The Bertz CT molecular complexity index is 825. The summed E-state index contributed by atoms with van der Waals surface area (Å²) in [4.78, 5) is 18.0. The second-order valence-electron chi connectivity index (χ2n) is 8.25. The van der Waals surface area contributed by atoms with Crippen LogP contribution in [0.15, 0.2) is 24.3 Å². The van der Waals surface area contributed by atoms with Crippen molar-refractivity contribution in [2.24, 2.45) is 0 Å². The summed E-state index contributed by atoms with van der Waals surface area (Å²) in [5.74, 6) is -0.178. The minimum absolute atomic E-state index is 0.0153. The molecule has 2 heterocycles. The molecule has 30 heavy (non-hydrogen) atoms. The highest BCUT2D eigenvalue weighted by molar-refractivity contribution is 7.55. The Morgan fingerprint density at radius 3 is 2.77 bits per heavy atom. The van der Waals surface area contributed by atoms with Gasteiger partial charge in [-0.05, 0) is 32.9 Å². The van der Waals surface area contributed by atoms with Crippen LogP contribution in [0.4, 0.5) is 5.69 Å². The number of rotatable bonds is 6. The molecule has 164 valence electrons. The van der Waals surface area contributed by atoms with Crippen LogP contribution in [-0.4, -0.2) is 80.2 Å². The van der Waals surface area contributed by atoms with Crippen molar-refractivity contribution in [2.45, 2.75) is 38.0 Å². The molecule has 3 rings (SSSR count). The predicted molar refractivity (Wildman–Crippen MR) is 116 cm³/mol. The number of morpholine rings is 1. The molecule has 1 aromatic carbocycles. The Balaban J connectivity index is 1.46. The Kier molecular flexibility index (Phi) is 7.67. The van der Waals surface area contributed by atoms with Gasteiger partial charge in [0.25, 0.3) is 7.52 Å². The van der Waals surface area contributed by atoms with E-state index in [0.29, 0.717) is 43.8 Å². The fraction of sp³-hybridized carbons (Fsp3) is 0.619. The highest BCUT2D eigenvalue weighted by Crippen LogP contribution is 2.48. The van der Waals surface area contributed by atoms with Crippen molar-refractivity contribution in [2.75, 3.05) is 46.5 Å². The first-order valence-corrected chi connectivity index (χ1v) is 12.4. The maximum atomic E-state index is 13.1. The smallest absolute Gasteiger partial charge is 0.269 e. The number of carbonyl (C=O) groups excluding carboxylic acids is 1. The standard InChI is InChI=1S/C21H31N4O4P/c1-16-13-24(3)14-20(29-16)15-28-30(4,27)25-10-8-18(9-11-25)23-21(26)17-6-5-7-19(12-17)22-2/h5-7,12,16,18,20H,8-11,13-15H2,1,3-4H3,(H,23,26). The van der Waals surface area contributed by atoms with E-state index in [1.807, 2.05) is 11.6 Å². The van der Waals surface area contributed by atoms with E-state index >= 15 is 0 Å². The Hall–Kier alpha value is -1.75. The van der Waals surface area contributed by atoms with Gasteiger partial charge in [0.05, 0.1) is 25.4 Å². The minimum atomic E-state index is -2.91. The van der Waals surface area contributed by atoms with Gasteiger partial charge >= 0.3 is 0 Å². The van der Waals surface area contributed by atoms with Crippen molar-refractivity contribution in [1.82, 2.24) is 14.9 Å². The number of likely N-dealkylation sites (N-methyl/N-ethyl adjacent to an activating group) is 1. The topological polar surface area (TPSA) is 75.5 Å². The Labute approximate surface area is 178 Å². The highest BCUT2D eigenvalue weighted by Gasteiger charge is 2.33. The molecule has 3 atom stereocenters. The molecule has 0 bridgehead atoms. The monoisotopic (exact) mass is 434 g/mol. The van der Waals surface area contributed by atoms with E-state index in [0.717, 1.165) is 13.1 Å². The largest absolute Gasteiger partial charge is 0.370 e. The fourth-order valence-electron chi connectivity index (χ4n) is 4.03. The van der Waals surface area contributed by atoms with Crippen LogP contribution in [0.25, 0.3) is 4.85 Å². The molecule has 2 aliphatic heterocycles. The molecule has 3 unspecified atom stereocenters. The summed E-state index contributed by atoms with van der Waals surface area (Å²) in [5, 5.41) is 3.03. The lowest BCUT2D eigenvalue weighted by atomic mass is 10.1. The van der Waals surface area contributed by atoms with E-state index in [4.69, 9.17) is 15.8 Å². The summed E-state index contributed by atoms with van der Waals surface area (Å²) in [7, 11) is -0.865. The summed E-state index contributed by atoms with van der Waals surface area (Å²) in [6, 6.07) is 6.71. The van der Waals surface area contributed by atoms with Crippen LogP contribution < -0.4 is 5.32 Å². The minimum Gasteiger partial charge on any atom is -0.370 e. The average Bonchev–Trinajstić information content (AvgIpc) is 2.72. The summed E-state index contributed by atoms with van der Waals surface area (Å²) < 4.78 is 26.7. The molecular formula is C21H31N4O4P. The van der Waals surface area contributed by atoms with Crippen LogP contribution in [-0.2, 0) is 13.8 Å². The first kappa shape index (κ1) is 22.9. The number of hydrogen-bond acceptors (Lipinski definition) is 5. The summed E-state index contributed by atoms with van der Waals surface area (Å²) in [6.07, 6.45) is 1.48. The molecule has 1 aromatic rings. The first-order valence-electron chi connectivity index (χ1n) is 10.4. The average molecular weight is 434 g/mol. The summed E-state index contributed by atoms with van der Waals surface area (Å²) >= 11 is 0. The van der Waals surface area contributed by atoms with E-state index in [2.05, 4.69) is 22.1 Å². The highest BCUT2D eigenvalue weighted by atomic mass is 31.2. The van der Waals surface area contributed by atoms with Gasteiger partial charge in [-0.1, -0.05) is 18.2 Å². The number of amides is 1. The van der Waals surface area contributed by atoms with Crippen LogP contribution >= 0.6 is 7.52 Å². The van der Waals surface area contributed by atoms with Gasteiger partial charge < -0.3 is 19.5 Å². The molecule has 0 saturated carbocycles. The number of hydrogen-bond donors (Lipinski definition) is 1. The fourth-order valence-corrected chi connectivity index (χ4v) is 5.59. The van der Waals surface area contributed by atoms with Crippen molar-refractivity contribution >= 4 is 19.1 Å². The van der Waals surface area contributed by atoms with Crippen molar-refractivity contribution in [3.8, 4) is 0 Å². The van der Waals surface area contributed by atoms with Gasteiger partial charge in [-0.2, -0.15) is 0 Å². The van der Waals surface area contributed by atoms with Gasteiger partial charge in [-0.15, -0.1) is 0 Å². The van der Waals surface area contributed by atoms with Crippen LogP contribution in [0.2, 0.25) is 0 Å². The van der Waals surface area contributed by atoms with E-state index in [1.165, 1.54) is 0 Å². The van der Waals surface area contributed by atoms with Crippen molar-refractivity contribution in [3.63, 3.8) is 0 Å². The van der Waals surface area contributed by atoms with Crippen LogP contribution in [0.5, 0.6) is 0 Å². The number of piperidine rings is 1. The van der Waals surface area contributed by atoms with Crippen molar-refractivity contribution < 1.29 is 18.6 Å². The lowest BCUT2D eigenvalue weighted by Crippen LogP contribution is -2.46. The molecule has 1 amide bonds. The summed E-state index contributed by atoms with van der Waals surface area (Å²) in [5.41, 5.74) is 0.936. The normalized spacial score (nSPS) is 25.9. The van der Waals surface area contributed by atoms with Crippen LogP contribution in [0, 0.1) is 6.57 Å². The van der Waals surface area contributed by atoms with Crippen molar-refractivity contribution in [1.29, 1.82) is 0 Å². The number of carbonyl (C=O) groups is 1. The van der Waals surface area contributed by atoms with Gasteiger partial charge in [0, 0.05) is 44.4 Å². The molecule has 2 aliphatic rings. The second-order valence-corrected chi connectivity index (χ2v) is 10.7. The van der Waals surface area contributed by atoms with Crippen LogP contribution in [0.1, 0.15) is 30.1 Å². The third-order valence-electron chi connectivity index (χ3n) is 5.57. The molecule has 8 nitrogen and oxygen atoms in total. The second kappa shape index (κ2) is 10.0. The molecule has 1 N–H and O–H groups in total. The first-order chi connectivity index (χ1) is 14.3.